The molecule has 0 radical (unpaired) electrons. The van der Waals surface area contributed by atoms with Crippen LogP contribution in [0.15, 0.2) is 34.3 Å². The lowest BCUT2D eigenvalue weighted by Crippen LogP contribution is -2.21. The first kappa shape index (κ1) is 15.5. The number of amides is 1. The van der Waals surface area contributed by atoms with E-state index in [1.54, 1.807) is 24.0 Å². The Balaban J connectivity index is 1.96. The number of pyridine rings is 1. The van der Waals surface area contributed by atoms with Crippen molar-refractivity contribution in [2.75, 3.05) is 6.26 Å². The lowest BCUT2D eigenvalue weighted by molar-refractivity contribution is -0.119. The number of benzene rings is 1. The first-order chi connectivity index (χ1) is 11.6. The molecule has 2 aromatic rings. The summed E-state index contributed by atoms with van der Waals surface area (Å²) in [7, 11) is 0. The number of carbonyl (C=O) groups is 1. The van der Waals surface area contributed by atoms with Crippen molar-refractivity contribution < 1.29 is 9.18 Å². The van der Waals surface area contributed by atoms with Gasteiger partial charge in [0.2, 0.25) is 0 Å². The van der Waals surface area contributed by atoms with Gasteiger partial charge in [-0.2, -0.15) is 0 Å². The average molecular weight is 340 g/mol. The highest BCUT2D eigenvalue weighted by atomic mass is 32.2. The minimum absolute atomic E-state index is 0.0856. The standard InChI is InChI=1S/C19H17FN2OS/c1-10-7-12(20)5-6-13(10)14-8-16(24-2)22-18-15(14)9-21-19(23)17(18)11-3-4-11/h5-9,11,17H,3-4H2,1-2H3. The number of thioether (sulfide) groups is 1. The molecule has 1 atom stereocenters. The number of halogens is 1. The molecular formula is C19H17FN2OS. The van der Waals surface area contributed by atoms with Crippen molar-refractivity contribution in [1.82, 2.24) is 4.98 Å². The van der Waals surface area contributed by atoms with E-state index in [2.05, 4.69) is 4.99 Å². The maximum Gasteiger partial charge on any atom is 0.255 e. The molecule has 1 fully saturated rings. The highest BCUT2D eigenvalue weighted by Crippen LogP contribution is 2.46. The molecule has 122 valence electrons. The van der Waals surface area contributed by atoms with Gasteiger partial charge in [-0.25, -0.2) is 14.4 Å². The molecule has 4 rings (SSSR count). The number of aryl methyl sites for hydroxylation is 1. The number of nitrogens with zero attached hydrogens (tertiary/aromatic N) is 2. The molecule has 2 heterocycles. The van der Waals surface area contributed by atoms with Gasteiger partial charge in [0.15, 0.2) is 0 Å². The van der Waals surface area contributed by atoms with Crippen molar-refractivity contribution in [1.29, 1.82) is 0 Å². The zero-order valence-corrected chi connectivity index (χ0v) is 14.4. The summed E-state index contributed by atoms with van der Waals surface area (Å²) in [5, 5.41) is 0.876. The summed E-state index contributed by atoms with van der Waals surface area (Å²) in [4.78, 5) is 21.2. The topological polar surface area (TPSA) is 42.3 Å². The molecule has 0 saturated heterocycles. The van der Waals surface area contributed by atoms with E-state index in [1.165, 1.54) is 12.1 Å². The summed E-state index contributed by atoms with van der Waals surface area (Å²) >= 11 is 1.55. The van der Waals surface area contributed by atoms with E-state index >= 15 is 0 Å². The maximum absolute atomic E-state index is 13.5. The van der Waals surface area contributed by atoms with Crippen LogP contribution in [-0.2, 0) is 4.79 Å². The van der Waals surface area contributed by atoms with Crippen LogP contribution in [0.1, 0.15) is 35.6 Å². The molecule has 1 unspecified atom stereocenters. The molecular weight excluding hydrogens is 323 g/mol. The molecule has 1 saturated carbocycles. The fourth-order valence-electron chi connectivity index (χ4n) is 3.36. The van der Waals surface area contributed by atoms with Gasteiger partial charge in [0, 0.05) is 11.8 Å². The first-order valence-electron chi connectivity index (χ1n) is 8.02. The van der Waals surface area contributed by atoms with Gasteiger partial charge in [-0.1, -0.05) is 6.07 Å². The minimum Gasteiger partial charge on any atom is -0.272 e. The van der Waals surface area contributed by atoms with Crippen LogP contribution in [0.4, 0.5) is 4.39 Å². The Morgan fingerprint density at radius 1 is 1.21 bits per heavy atom. The lowest BCUT2D eigenvalue weighted by Gasteiger charge is -2.22. The van der Waals surface area contributed by atoms with Crippen LogP contribution in [0.2, 0.25) is 0 Å². The normalized spacial score (nSPS) is 19.5. The SMILES string of the molecule is CSc1cc(-c2ccc(F)cc2C)c2c(n1)C(C1CC1)C(=O)N=C2. The molecule has 1 amide bonds. The molecule has 2 aliphatic rings. The summed E-state index contributed by atoms with van der Waals surface area (Å²) in [6.45, 7) is 1.90. The monoisotopic (exact) mass is 340 g/mol. The van der Waals surface area contributed by atoms with Crippen LogP contribution < -0.4 is 0 Å². The van der Waals surface area contributed by atoms with Crippen molar-refractivity contribution in [3.05, 3.63) is 46.9 Å². The Morgan fingerprint density at radius 3 is 2.67 bits per heavy atom. The van der Waals surface area contributed by atoms with Crippen molar-refractivity contribution in [3.8, 4) is 11.1 Å². The van der Waals surface area contributed by atoms with Gasteiger partial charge in [0.25, 0.3) is 5.91 Å². The lowest BCUT2D eigenvalue weighted by atomic mass is 9.87. The van der Waals surface area contributed by atoms with Gasteiger partial charge >= 0.3 is 0 Å². The summed E-state index contributed by atoms with van der Waals surface area (Å²) in [5.74, 6) is -0.196. The number of aromatic nitrogens is 1. The summed E-state index contributed by atoms with van der Waals surface area (Å²) < 4.78 is 13.5. The maximum atomic E-state index is 13.5. The Labute approximate surface area is 144 Å². The van der Waals surface area contributed by atoms with Crippen LogP contribution in [-0.4, -0.2) is 23.4 Å². The van der Waals surface area contributed by atoms with E-state index in [0.29, 0.717) is 5.92 Å². The summed E-state index contributed by atoms with van der Waals surface area (Å²) in [5.41, 5.74) is 4.54. The zero-order valence-electron chi connectivity index (χ0n) is 13.5. The summed E-state index contributed by atoms with van der Waals surface area (Å²) in [6, 6.07) is 6.80. The highest BCUT2D eigenvalue weighted by molar-refractivity contribution is 7.98. The second-order valence-corrected chi connectivity index (χ2v) is 7.21. The first-order valence-corrected chi connectivity index (χ1v) is 9.24. The van der Waals surface area contributed by atoms with Crippen molar-refractivity contribution in [3.63, 3.8) is 0 Å². The second-order valence-electron chi connectivity index (χ2n) is 6.38. The number of carbonyl (C=O) groups excluding carboxylic acids is 1. The van der Waals surface area contributed by atoms with E-state index < -0.39 is 0 Å². The number of rotatable bonds is 3. The van der Waals surface area contributed by atoms with Gasteiger partial charge in [-0.05, 0) is 66.8 Å². The second kappa shape index (κ2) is 5.81. The molecule has 0 spiro atoms. The van der Waals surface area contributed by atoms with Crippen molar-refractivity contribution >= 4 is 23.9 Å². The quantitative estimate of drug-likeness (QED) is 0.779. The van der Waals surface area contributed by atoms with E-state index in [-0.39, 0.29) is 17.6 Å². The van der Waals surface area contributed by atoms with Gasteiger partial charge in [-0.15, -0.1) is 11.8 Å². The third-order valence-electron chi connectivity index (χ3n) is 4.73. The Kier molecular flexibility index (Phi) is 3.76. The Morgan fingerprint density at radius 2 is 2.00 bits per heavy atom. The fourth-order valence-corrected chi connectivity index (χ4v) is 3.79. The largest absolute Gasteiger partial charge is 0.272 e. The molecule has 0 N–H and O–H groups in total. The Hall–Kier alpha value is -2.01. The molecule has 1 aliphatic carbocycles. The van der Waals surface area contributed by atoms with Gasteiger partial charge < -0.3 is 0 Å². The van der Waals surface area contributed by atoms with Crippen LogP contribution in [0.3, 0.4) is 0 Å². The zero-order chi connectivity index (χ0) is 16.8. The molecule has 3 nitrogen and oxygen atoms in total. The molecule has 1 aromatic heterocycles. The Bertz CT molecular complexity index is 874. The highest BCUT2D eigenvalue weighted by Gasteiger charge is 2.41. The minimum atomic E-state index is -0.246. The smallest absolute Gasteiger partial charge is 0.255 e. The van der Waals surface area contributed by atoms with E-state index in [0.717, 1.165) is 45.8 Å². The molecule has 24 heavy (non-hydrogen) atoms. The van der Waals surface area contributed by atoms with Crippen molar-refractivity contribution in [2.45, 2.75) is 30.7 Å². The van der Waals surface area contributed by atoms with Gasteiger partial charge in [0.1, 0.15) is 5.82 Å². The van der Waals surface area contributed by atoms with Crippen LogP contribution in [0.25, 0.3) is 11.1 Å². The number of aliphatic imine (C=N–C) groups is 1. The third kappa shape index (κ3) is 2.57. The number of fused-ring (bicyclic) bond motifs is 1. The van der Waals surface area contributed by atoms with Gasteiger partial charge in [0.05, 0.1) is 16.6 Å². The van der Waals surface area contributed by atoms with E-state index in [9.17, 15) is 9.18 Å². The van der Waals surface area contributed by atoms with E-state index in [1.807, 2.05) is 19.2 Å². The van der Waals surface area contributed by atoms with Crippen LogP contribution in [0.5, 0.6) is 0 Å². The van der Waals surface area contributed by atoms with Crippen molar-refractivity contribution in [2.24, 2.45) is 10.9 Å². The van der Waals surface area contributed by atoms with Crippen LogP contribution in [0, 0.1) is 18.7 Å². The molecule has 1 aliphatic heterocycles. The molecule has 0 bridgehead atoms. The number of hydrogen-bond acceptors (Lipinski definition) is 3. The van der Waals surface area contributed by atoms with Crippen LogP contribution >= 0.6 is 11.8 Å². The molecule has 5 heteroatoms. The third-order valence-corrected chi connectivity index (χ3v) is 5.35. The van der Waals surface area contributed by atoms with E-state index in [4.69, 9.17) is 4.98 Å². The predicted molar refractivity (Wildman–Crippen MR) is 94.2 cm³/mol. The van der Waals surface area contributed by atoms with Gasteiger partial charge in [-0.3, -0.25) is 4.79 Å². The average Bonchev–Trinajstić information content (AvgIpc) is 3.38. The molecule has 1 aromatic carbocycles. The fraction of sp³-hybridized carbons (Fsp3) is 0.316. The predicted octanol–water partition coefficient (Wildman–Crippen LogP) is 4.37. The summed E-state index contributed by atoms with van der Waals surface area (Å²) in [6.07, 6.45) is 5.72. The number of hydrogen-bond donors (Lipinski definition) is 0.